The van der Waals surface area contributed by atoms with Crippen molar-refractivity contribution >= 4 is 5.97 Å². The smallest absolute Gasteiger partial charge is 0.309 e. The van der Waals surface area contributed by atoms with Gasteiger partial charge < -0.3 is 4.74 Å². The van der Waals surface area contributed by atoms with E-state index in [1.165, 1.54) is 12.1 Å². The van der Waals surface area contributed by atoms with Gasteiger partial charge in [-0.15, -0.1) is 0 Å². The van der Waals surface area contributed by atoms with Gasteiger partial charge in [0.1, 0.15) is 5.82 Å². The lowest BCUT2D eigenvalue weighted by Crippen LogP contribution is -2.16. The van der Waals surface area contributed by atoms with E-state index in [2.05, 4.69) is 6.07 Å². The lowest BCUT2D eigenvalue weighted by molar-refractivity contribution is -0.147. The van der Waals surface area contributed by atoms with Gasteiger partial charge in [0.25, 0.3) is 0 Å². The maximum absolute atomic E-state index is 12.8. The Morgan fingerprint density at radius 2 is 2.10 bits per heavy atom. The second-order valence-corrected chi connectivity index (χ2v) is 5.94. The molecule has 0 heterocycles. The van der Waals surface area contributed by atoms with E-state index in [1.54, 1.807) is 12.1 Å². The largest absolute Gasteiger partial charge is 0.465 e. The van der Waals surface area contributed by atoms with Crippen LogP contribution in [-0.4, -0.2) is 12.6 Å². The summed E-state index contributed by atoms with van der Waals surface area (Å²) in [6.07, 6.45) is 3.18. The number of hydrogen-bond acceptors (Lipinski definition) is 3. The van der Waals surface area contributed by atoms with Gasteiger partial charge in [-0.05, 0) is 42.9 Å². The molecule has 0 bridgehead atoms. The van der Waals surface area contributed by atoms with E-state index in [0.717, 1.165) is 24.8 Å². The minimum Gasteiger partial charge on any atom is -0.465 e. The molecule has 1 aromatic rings. The normalized spacial score (nSPS) is 25.6. The number of benzene rings is 1. The third-order valence-corrected chi connectivity index (χ3v) is 4.32. The molecule has 2 fully saturated rings. The molecule has 2 atom stereocenters. The molecule has 0 aliphatic heterocycles. The number of ether oxygens (including phenoxy) is 1. The van der Waals surface area contributed by atoms with Crippen molar-refractivity contribution in [3.8, 4) is 6.07 Å². The van der Waals surface area contributed by atoms with Crippen molar-refractivity contribution in [1.29, 1.82) is 5.26 Å². The van der Waals surface area contributed by atoms with E-state index in [0.29, 0.717) is 13.0 Å². The van der Waals surface area contributed by atoms with Crippen molar-refractivity contribution in [2.45, 2.75) is 31.6 Å². The first kappa shape index (κ1) is 13.1. The van der Waals surface area contributed by atoms with Crippen LogP contribution in [0.25, 0.3) is 0 Å². The van der Waals surface area contributed by atoms with E-state index >= 15 is 0 Å². The van der Waals surface area contributed by atoms with E-state index in [9.17, 15) is 9.18 Å². The van der Waals surface area contributed by atoms with Crippen molar-refractivity contribution < 1.29 is 13.9 Å². The molecule has 4 heteroatoms. The summed E-state index contributed by atoms with van der Waals surface area (Å²) in [4.78, 5) is 12.0. The van der Waals surface area contributed by atoms with Crippen molar-refractivity contribution in [1.82, 2.24) is 0 Å². The minimum absolute atomic E-state index is 0.0648. The highest BCUT2D eigenvalue weighted by Crippen LogP contribution is 2.51. The molecule has 0 amide bonds. The average molecular weight is 273 g/mol. The maximum atomic E-state index is 12.8. The molecule has 2 aliphatic carbocycles. The summed E-state index contributed by atoms with van der Waals surface area (Å²) in [5.41, 5.74) is 0.927. The molecule has 104 valence electrons. The summed E-state index contributed by atoms with van der Waals surface area (Å²) < 4.78 is 18.2. The summed E-state index contributed by atoms with van der Waals surface area (Å²) in [6, 6.07) is 8.44. The second-order valence-electron chi connectivity index (χ2n) is 5.94. The van der Waals surface area contributed by atoms with Crippen molar-refractivity contribution in [3.05, 3.63) is 35.6 Å². The van der Waals surface area contributed by atoms with Gasteiger partial charge in [-0.3, -0.25) is 4.79 Å². The Morgan fingerprint density at radius 1 is 1.40 bits per heavy atom. The summed E-state index contributed by atoms with van der Waals surface area (Å²) in [7, 11) is 0. The molecule has 2 saturated carbocycles. The molecule has 0 spiro atoms. The molecule has 20 heavy (non-hydrogen) atoms. The monoisotopic (exact) mass is 273 g/mol. The van der Waals surface area contributed by atoms with Crippen LogP contribution in [0.15, 0.2) is 24.3 Å². The fourth-order valence-electron chi connectivity index (χ4n) is 2.58. The minimum atomic E-state index is -0.263. The standard InChI is InChI=1S/C16H16FNO2/c17-12-3-1-11(2-4-12)13-9-14(13)15(19)20-10-16(5-6-16)7-8-18/h1-4,13-14H,5-7,9-10H2/t13-,14+/m1/s1. The SMILES string of the molecule is N#CCC1(COC(=O)[C@H]2C[C@@H]2c2ccc(F)cc2)CC1. The Morgan fingerprint density at radius 3 is 2.70 bits per heavy atom. The Labute approximate surface area is 117 Å². The second kappa shape index (κ2) is 4.90. The van der Waals surface area contributed by atoms with Gasteiger partial charge in [0, 0.05) is 11.8 Å². The molecule has 0 unspecified atom stereocenters. The van der Waals surface area contributed by atoms with Crippen LogP contribution in [0.5, 0.6) is 0 Å². The first-order chi connectivity index (χ1) is 9.63. The molecule has 3 rings (SSSR count). The number of halogens is 1. The van der Waals surface area contributed by atoms with Crippen LogP contribution in [0, 0.1) is 28.5 Å². The lowest BCUT2D eigenvalue weighted by atomic mass is 10.1. The number of nitrogens with zero attached hydrogens (tertiary/aromatic N) is 1. The highest BCUT2D eigenvalue weighted by molar-refractivity contribution is 5.77. The fraction of sp³-hybridized carbons (Fsp3) is 0.500. The summed E-state index contributed by atoms with van der Waals surface area (Å²) in [6.45, 7) is 0.367. The van der Waals surface area contributed by atoms with Crippen LogP contribution >= 0.6 is 0 Å². The van der Waals surface area contributed by atoms with Gasteiger partial charge in [-0.2, -0.15) is 5.26 Å². The molecule has 0 radical (unpaired) electrons. The number of hydrogen-bond donors (Lipinski definition) is 0. The maximum Gasteiger partial charge on any atom is 0.309 e. The fourth-order valence-corrected chi connectivity index (χ4v) is 2.58. The first-order valence-electron chi connectivity index (χ1n) is 6.93. The van der Waals surface area contributed by atoms with Crippen LogP contribution in [-0.2, 0) is 9.53 Å². The third-order valence-electron chi connectivity index (χ3n) is 4.32. The predicted molar refractivity (Wildman–Crippen MR) is 70.1 cm³/mol. The zero-order chi connectivity index (χ0) is 14.2. The molecule has 0 aromatic heterocycles. The van der Waals surface area contributed by atoms with E-state index in [-0.39, 0.29) is 29.0 Å². The zero-order valence-corrected chi connectivity index (χ0v) is 11.1. The number of esters is 1. The quantitative estimate of drug-likeness (QED) is 0.774. The molecular formula is C16H16FNO2. The van der Waals surface area contributed by atoms with Gasteiger partial charge in [0.05, 0.1) is 18.6 Å². The van der Waals surface area contributed by atoms with E-state index < -0.39 is 0 Å². The molecule has 0 saturated heterocycles. The van der Waals surface area contributed by atoms with Crippen LogP contribution in [0.3, 0.4) is 0 Å². The van der Waals surface area contributed by atoms with E-state index in [4.69, 9.17) is 10.00 Å². The number of nitriles is 1. The van der Waals surface area contributed by atoms with Gasteiger partial charge in [-0.25, -0.2) is 4.39 Å². The molecule has 2 aliphatic rings. The number of rotatable bonds is 5. The topological polar surface area (TPSA) is 50.1 Å². The molecule has 3 nitrogen and oxygen atoms in total. The lowest BCUT2D eigenvalue weighted by Gasteiger charge is -2.11. The van der Waals surface area contributed by atoms with Gasteiger partial charge in [0.2, 0.25) is 0 Å². The number of carbonyl (C=O) groups excluding carboxylic acids is 1. The first-order valence-corrected chi connectivity index (χ1v) is 6.93. The molecule has 0 N–H and O–H groups in total. The van der Waals surface area contributed by atoms with Crippen LogP contribution in [0.4, 0.5) is 4.39 Å². The Balaban J connectivity index is 1.51. The summed E-state index contributed by atoms with van der Waals surface area (Å²) >= 11 is 0. The average Bonchev–Trinajstić information content (AvgIpc) is 3.33. The van der Waals surface area contributed by atoms with Crippen LogP contribution in [0.2, 0.25) is 0 Å². The van der Waals surface area contributed by atoms with Crippen molar-refractivity contribution in [2.75, 3.05) is 6.61 Å². The molecular weight excluding hydrogens is 257 g/mol. The Kier molecular flexibility index (Phi) is 3.21. The van der Waals surface area contributed by atoms with Crippen molar-refractivity contribution in [3.63, 3.8) is 0 Å². The Hall–Kier alpha value is -1.89. The van der Waals surface area contributed by atoms with Gasteiger partial charge in [0.15, 0.2) is 0 Å². The highest BCUT2D eigenvalue weighted by atomic mass is 19.1. The van der Waals surface area contributed by atoms with Crippen molar-refractivity contribution in [2.24, 2.45) is 11.3 Å². The van der Waals surface area contributed by atoms with E-state index in [1.807, 2.05) is 0 Å². The van der Waals surface area contributed by atoms with Crippen LogP contribution in [0.1, 0.15) is 37.2 Å². The third kappa shape index (κ3) is 2.67. The van der Waals surface area contributed by atoms with Gasteiger partial charge in [-0.1, -0.05) is 12.1 Å². The van der Waals surface area contributed by atoms with Gasteiger partial charge >= 0.3 is 5.97 Å². The Bertz CT molecular complexity index is 557. The summed E-state index contributed by atoms with van der Waals surface area (Å²) in [5.74, 6) is -0.378. The predicted octanol–water partition coefficient (Wildman–Crippen LogP) is 3.17. The van der Waals surface area contributed by atoms with Crippen LogP contribution < -0.4 is 0 Å². The molecule has 1 aromatic carbocycles. The highest BCUT2D eigenvalue weighted by Gasteiger charge is 2.48. The number of carbonyl (C=O) groups is 1. The summed E-state index contributed by atoms with van der Waals surface area (Å²) in [5, 5.41) is 8.72. The zero-order valence-electron chi connectivity index (χ0n) is 11.1.